The minimum atomic E-state index is -3.67. The van der Waals surface area contributed by atoms with Crippen LogP contribution in [0.5, 0.6) is 0 Å². The number of amides is 1. The molecule has 2 heterocycles. The number of aromatic amines is 1. The van der Waals surface area contributed by atoms with Crippen LogP contribution in [0.15, 0.2) is 28.7 Å². The van der Waals surface area contributed by atoms with Crippen molar-refractivity contribution in [3.8, 4) is 0 Å². The number of hydrogen-bond donors (Lipinski definition) is 2. The average Bonchev–Trinajstić information content (AvgIpc) is 2.99. The molecule has 9 heteroatoms. The molecular formula is C10H10ClN3O3S2. The summed E-state index contributed by atoms with van der Waals surface area (Å²) in [5.41, 5.74) is 0.454. The van der Waals surface area contributed by atoms with Gasteiger partial charge in [-0.05, 0) is 18.6 Å². The minimum absolute atomic E-state index is 0.116. The Labute approximate surface area is 118 Å². The standard InChI is InChI=1S/C10H10ClN3O3S2/c11-19(16,17)9-2-1-8(18-9)3-4-12-10(15)7-5-13-14-6-7/h1-2,5-6H,3-4H2,(H,12,15)(H,13,14). The van der Waals surface area contributed by atoms with Gasteiger partial charge < -0.3 is 5.32 Å². The van der Waals surface area contributed by atoms with Crippen LogP contribution in [0.25, 0.3) is 0 Å². The zero-order valence-electron chi connectivity index (χ0n) is 9.59. The molecule has 0 fully saturated rings. The second kappa shape index (κ2) is 5.72. The van der Waals surface area contributed by atoms with Crippen LogP contribution in [-0.2, 0) is 15.5 Å². The van der Waals surface area contributed by atoms with Gasteiger partial charge in [0.1, 0.15) is 4.21 Å². The molecule has 6 nitrogen and oxygen atoms in total. The van der Waals surface area contributed by atoms with E-state index >= 15 is 0 Å². The summed E-state index contributed by atoms with van der Waals surface area (Å²) in [7, 11) is 1.56. The molecule has 19 heavy (non-hydrogen) atoms. The number of halogens is 1. The summed E-state index contributed by atoms with van der Waals surface area (Å²) in [5.74, 6) is -0.226. The van der Waals surface area contributed by atoms with Gasteiger partial charge in [0, 0.05) is 28.3 Å². The van der Waals surface area contributed by atoms with Crippen LogP contribution in [0.4, 0.5) is 0 Å². The van der Waals surface area contributed by atoms with Crippen LogP contribution < -0.4 is 5.32 Å². The first-order valence-electron chi connectivity index (χ1n) is 5.27. The largest absolute Gasteiger partial charge is 0.352 e. The van der Waals surface area contributed by atoms with Crippen molar-refractivity contribution in [3.63, 3.8) is 0 Å². The van der Waals surface area contributed by atoms with Crippen molar-refractivity contribution in [2.45, 2.75) is 10.6 Å². The number of nitrogens with zero attached hydrogens (tertiary/aromatic N) is 1. The molecule has 0 radical (unpaired) electrons. The highest BCUT2D eigenvalue weighted by molar-refractivity contribution is 8.15. The predicted octanol–water partition coefficient (Wildman–Crippen LogP) is 1.37. The Kier molecular flexibility index (Phi) is 4.23. The molecule has 1 amide bonds. The molecule has 2 rings (SSSR count). The maximum atomic E-state index is 11.6. The van der Waals surface area contributed by atoms with E-state index in [1.165, 1.54) is 18.5 Å². The lowest BCUT2D eigenvalue weighted by Gasteiger charge is -2.01. The highest BCUT2D eigenvalue weighted by atomic mass is 35.7. The molecule has 0 aliphatic carbocycles. The predicted molar refractivity (Wildman–Crippen MR) is 72.0 cm³/mol. The number of rotatable bonds is 5. The van der Waals surface area contributed by atoms with E-state index in [1.807, 2.05) is 0 Å². The van der Waals surface area contributed by atoms with Crippen molar-refractivity contribution in [1.82, 2.24) is 15.5 Å². The Hall–Kier alpha value is -1.38. The van der Waals surface area contributed by atoms with E-state index < -0.39 is 9.05 Å². The number of hydrogen-bond acceptors (Lipinski definition) is 5. The van der Waals surface area contributed by atoms with Crippen molar-refractivity contribution >= 4 is 37.0 Å². The van der Waals surface area contributed by atoms with Crippen molar-refractivity contribution < 1.29 is 13.2 Å². The molecule has 2 aromatic rings. The van der Waals surface area contributed by atoms with Crippen LogP contribution in [0.3, 0.4) is 0 Å². The molecule has 0 bridgehead atoms. The van der Waals surface area contributed by atoms with Gasteiger partial charge in [0.05, 0.1) is 11.8 Å². The van der Waals surface area contributed by atoms with Gasteiger partial charge in [0.2, 0.25) is 0 Å². The summed E-state index contributed by atoms with van der Waals surface area (Å²) in [6.07, 6.45) is 3.47. The lowest BCUT2D eigenvalue weighted by atomic mass is 10.3. The van der Waals surface area contributed by atoms with E-state index in [4.69, 9.17) is 10.7 Å². The molecule has 0 unspecified atom stereocenters. The highest BCUT2D eigenvalue weighted by Crippen LogP contribution is 2.24. The number of nitrogens with one attached hydrogen (secondary N) is 2. The first-order valence-corrected chi connectivity index (χ1v) is 8.40. The fraction of sp³-hybridized carbons (Fsp3) is 0.200. The lowest BCUT2D eigenvalue weighted by Crippen LogP contribution is -2.25. The van der Waals surface area contributed by atoms with E-state index in [0.29, 0.717) is 18.5 Å². The van der Waals surface area contributed by atoms with Gasteiger partial charge in [0.25, 0.3) is 15.0 Å². The molecule has 0 aliphatic rings. The second-order valence-electron chi connectivity index (χ2n) is 3.65. The number of thiophene rings is 1. The molecule has 2 N–H and O–H groups in total. The van der Waals surface area contributed by atoms with Gasteiger partial charge in [0.15, 0.2) is 0 Å². The van der Waals surface area contributed by atoms with E-state index in [-0.39, 0.29) is 10.1 Å². The smallest absolute Gasteiger partial charge is 0.270 e. The quantitative estimate of drug-likeness (QED) is 0.814. The van der Waals surface area contributed by atoms with Crippen LogP contribution in [0.1, 0.15) is 15.2 Å². The van der Waals surface area contributed by atoms with E-state index in [1.54, 1.807) is 6.07 Å². The Morgan fingerprint density at radius 3 is 2.84 bits per heavy atom. The molecule has 0 aliphatic heterocycles. The monoisotopic (exact) mass is 319 g/mol. The number of carbonyl (C=O) groups is 1. The summed E-state index contributed by atoms with van der Waals surface area (Å²) in [5, 5.41) is 8.93. The molecule has 0 saturated heterocycles. The SMILES string of the molecule is O=C(NCCc1ccc(S(=O)(=O)Cl)s1)c1cn[nH]c1. The van der Waals surface area contributed by atoms with E-state index in [9.17, 15) is 13.2 Å². The normalized spacial score (nSPS) is 11.4. The Morgan fingerprint density at radius 1 is 1.47 bits per heavy atom. The van der Waals surface area contributed by atoms with Crippen LogP contribution >= 0.6 is 22.0 Å². The van der Waals surface area contributed by atoms with Gasteiger partial charge >= 0.3 is 0 Å². The third kappa shape index (κ3) is 3.79. The minimum Gasteiger partial charge on any atom is -0.352 e. The third-order valence-electron chi connectivity index (χ3n) is 2.29. The zero-order valence-corrected chi connectivity index (χ0v) is 12.0. The average molecular weight is 320 g/mol. The fourth-order valence-electron chi connectivity index (χ4n) is 1.40. The Balaban J connectivity index is 1.86. The molecule has 0 spiro atoms. The fourth-order valence-corrected chi connectivity index (χ4v) is 3.52. The molecule has 0 atom stereocenters. The zero-order chi connectivity index (χ0) is 13.9. The second-order valence-corrected chi connectivity index (χ2v) is 7.61. The first-order chi connectivity index (χ1) is 8.97. The van der Waals surface area contributed by atoms with Crippen LogP contribution in [0.2, 0.25) is 0 Å². The molecule has 0 aromatic carbocycles. The van der Waals surface area contributed by atoms with Crippen LogP contribution in [0, 0.1) is 0 Å². The number of aromatic nitrogens is 2. The maximum Gasteiger partial charge on any atom is 0.270 e. The van der Waals surface area contributed by atoms with Gasteiger partial charge in [-0.25, -0.2) is 8.42 Å². The number of carbonyl (C=O) groups excluding carboxylic acids is 1. The summed E-state index contributed by atoms with van der Waals surface area (Å²) < 4.78 is 22.3. The highest BCUT2D eigenvalue weighted by Gasteiger charge is 2.13. The molecule has 102 valence electrons. The van der Waals surface area contributed by atoms with Crippen molar-refractivity contribution in [2.24, 2.45) is 0 Å². The van der Waals surface area contributed by atoms with Crippen molar-refractivity contribution in [3.05, 3.63) is 35.0 Å². The summed E-state index contributed by atoms with van der Waals surface area (Å²) in [6, 6.07) is 3.14. The van der Waals surface area contributed by atoms with Gasteiger partial charge in [-0.1, -0.05) is 0 Å². The summed E-state index contributed by atoms with van der Waals surface area (Å²) >= 11 is 1.10. The van der Waals surface area contributed by atoms with E-state index in [0.717, 1.165) is 16.2 Å². The maximum absolute atomic E-state index is 11.6. The lowest BCUT2D eigenvalue weighted by molar-refractivity contribution is 0.0954. The third-order valence-corrected chi connectivity index (χ3v) is 5.53. The molecular weight excluding hydrogens is 310 g/mol. The van der Waals surface area contributed by atoms with Crippen LogP contribution in [-0.4, -0.2) is 31.1 Å². The number of H-pyrrole nitrogens is 1. The van der Waals surface area contributed by atoms with Crippen molar-refractivity contribution in [2.75, 3.05) is 6.54 Å². The topological polar surface area (TPSA) is 91.9 Å². The molecule has 2 aromatic heterocycles. The summed E-state index contributed by atoms with van der Waals surface area (Å²) in [6.45, 7) is 0.409. The molecule has 0 saturated carbocycles. The first kappa shape index (κ1) is 14.0. The van der Waals surface area contributed by atoms with Gasteiger partial charge in [-0.2, -0.15) is 5.10 Å². The van der Waals surface area contributed by atoms with Gasteiger partial charge in [-0.15, -0.1) is 11.3 Å². The summed E-state index contributed by atoms with van der Waals surface area (Å²) in [4.78, 5) is 12.4. The van der Waals surface area contributed by atoms with E-state index in [2.05, 4.69) is 15.5 Å². The Morgan fingerprint density at radius 2 is 2.26 bits per heavy atom. The van der Waals surface area contributed by atoms with Gasteiger partial charge in [-0.3, -0.25) is 9.89 Å². The Bertz CT molecular complexity index is 664. The van der Waals surface area contributed by atoms with Crippen molar-refractivity contribution in [1.29, 1.82) is 0 Å².